The number of carbonyl (C=O) groups excluding carboxylic acids is 2. The molecule has 0 aromatic heterocycles. The van der Waals surface area contributed by atoms with E-state index >= 15 is 0 Å². The molecule has 0 atom stereocenters. The molecule has 3 rings (SSSR count). The van der Waals surface area contributed by atoms with Crippen LogP contribution >= 0.6 is 0 Å². The van der Waals surface area contributed by atoms with Crippen LogP contribution in [0.4, 0.5) is 0 Å². The molecular weight excluding hydrogens is 394 g/mol. The van der Waals surface area contributed by atoms with E-state index in [1.165, 1.54) is 0 Å². The van der Waals surface area contributed by atoms with Gasteiger partial charge in [0.2, 0.25) is 5.91 Å². The van der Waals surface area contributed by atoms with E-state index in [1.54, 1.807) is 37.6 Å². The molecule has 0 aliphatic heterocycles. The van der Waals surface area contributed by atoms with E-state index < -0.39 is 0 Å². The van der Waals surface area contributed by atoms with Crippen LogP contribution in [0, 0.1) is 0 Å². The molecule has 0 bridgehead atoms. The molecule has 2 amide bonds. The van der Waals surface area contributed by atoms with Crippen molar-refractivity contribution in [3.05, 3.63) is 71.8 Å². The minimum atomic E-state index is -0.290. The fourth-order valence-corrected chi connectivity index (χ4v) is 3.05. The first-order chi connectivity index (χ1) is 15.1. The number of hydrogen-bond acceptors (Lipinski definition) is 5. The quantitative estimate of drug-likeness (QED) is 0.410. The van der Waals surface area contributed by atoms with Crippen molar-refractivity contribution >= 4 is 28.8 Å². The minimum absolute atomic E-state index is 0.114. The predicted molar refractivity (Wildman–Crippen MR) is 121 cm³/mol. The lowest BCUT2D eigenvalue weighted by Gasteiger charge is -2.09. The SMILES string of the molecule is CCOc1ccc(C=NNC(=O)CCNC(=O)c2ccc(OC)cc2)c2ccccc12. The summed E-state index contributed by atoms with van der Waals surface area (Å²) in [7, 11) is 1.56. The first kappa shape index (κ1) is 21.8. The standard InChI is InChI=1S/C24H25N3O4/c1-3-31-22-13-10-18(20-6-4-5-7-21(20)22)16-26-27-23(28)14-15-25-24(29)17-8-11-19(30-2)12-9-17/h4-13,16H,3,14-15H2,1-2H3,(H,25,29)(H,27,28). The summed E-state index contributed by atoms with van der Waals surface area (Å²) >= 11 is 0. The van der Waals surface area contributed by atoms with Gasteiger partial charge in [0.25, 0.3) is 5.91 Å². The third-order valence-electron chi connectivity index (χ3n) is 4.60. The van der Waals surface area contributed by atoms with Crippen molar-refractivity contribution in [1.82, 2.24) is 10.7 Å². The van der Waals surface area contributed by atoms with Crippen LogP contribution in [0.15, 0.2) is 65.8 Å². The Labute approximate surface area is 181 Å². The number of nitrogens with zero attached hydrogens (tertiary/aromatic N) is 1. The normalized spacial score (nSPS) is 10.8. The average Bonchev–Trinajstić information content (AvgIpc) is 2.80. The molecule has 0 aliphatic carbocycles. The van der Waals surface area contributed by atoms with Gasteiger partial charge >= 0.3 is 0 Å². The van der Waals surface area contributed by atoms with Crippen LogP contribution in [0.5, 0.6) is 11.5 Å². The van der Waals surface area contributed by atoms with Crippen LogP contribution in [-0.4, -0.2) is 38.3 Å². The molecule has 0 fully saturated rings. The highest BCUT2D eigenvalue weighted by Gasteiger charge is 2.07. The number of ether oxygens (including phenoxy) is 2. The van der Waals surface area contributed by atoms with Crippen molar-refractivity contribution < 1.29 is 19.1 Å². The monoisotopic (exact) mass is 419 g/mol. The number of hydrazone groups is 1. The Kier molecular flexibility index (Phi) is 7.59. The summed E-state index contributed by atoms with van der Waals surface area (Å²) in [4.78, 5) is 24.1. The van der Waals surface area contributed by atoms with Gasteiger partial charge in [-0.15, -0.1) is 0 Å². The highest BCUT2D eigenvalue weighted by Crippen LogP contribution is 2.27. The van der Waals surface area contributed by atoms with Crippen LogP contribution in [0.1, 0.15) is 29.3 Å². The third-order valence-corrected chi connectivity index (χ3v) is 4.60. The number of nitrogens with one attached hydrogen (secondary N) is 2. The Morgan fingerprint density at radius 1 is 1.00 bits per heavy atom. The van der Waals surface area contributed by atoms with E-state index in [4.69, 9.17) is 9.47 Å². The smallest absolute Gasteiger partial charge is 0.251 e. The first-order valence-corrected chi connectivity index (χ1v) is 10.0. The van der Waals surface area contributed by atoms with Crippen LogP contribution in [0.2, 0.25) is 0 Å². The zero-order valence-electron chi connectivity index (χ0n) is 17.6. The van der Waals surface area contributed by atoms with Gasteiger partial charge < -0.3 is 14.8 Å². The summed E-state index contributed by atoms with van der Waals surface area (Å²) in [6.45, 7) is 2.74. The Balaban J connectivity index is 1.51. The molecule has 31 heavy (non-hydrogen) atoms. The lowest BCUT2D eigenvalue weighted by atomic mass is 10.0. The second kappa shape index (κ2) is 10.8. The van der Waals surface area contributed by atoms with Gasteiger partial charge in [-0.3, -0.25) is 9.59 Å². The van der Waals surface area contributed by atoms with Gasteiger partial charge in [0.15, 0.2) is 0 Å². The molecule has 0 radical (unpaired) electrons. The van der Waals surface area contributed by atoms with Crippen LogP contribution in [-0.2, 0) is 4.79 Å². The molecule has 0 saturated carbocycles. The highest BCUT2D eigenvalue weighted by atomic mass is 16.5. The number of hydrogen-bond donors (Lipinski definition) is 2. The van der Waals surface area contributed by atoms with Crippen LogP contribution in [0.3, 0.4) is 0 Å². The van der Waals surface area contributed by atoms with Crippen molar-refractivity contribution in [3.8, 4) is 11.5 Å². The Morgan fingerprint density at radius 2 is 1.74 bits per heavy atom. The molecule has 0 unspecified atom stereocenters. The van der Waals surface area contributed by atoms with Crippen LogP contribution in [0.25, 0.3) is 10.8 Å². The third kappa shape index (κ3) is 5.82. The van der Waals surface area contributed by atoms with Crippen molar-refractivity contribution in [1.29, 1.82) is 0 Å². The van der Waals surface area contributed by atoms with Gasteiger partial charge in [0.1, 0.15) is 11.5 Å². The summed E-state index contributed by atoms with van der Waals surface area (Å²) in [6, 6.07) is 18.4. The van der Waals surface area contributed by atoms with Gasteiger partial charge in [0, 0.05) is 29.5 Å². The van der Waals surface area contributed by atoms with Gasteiger partial charge in [-0.2, -0.15) is 5.10 Å². The average molecular weight is 419 g/mol. The molecule has 3 aromatic rings. The molecular formula is C24H25N3O4. The van der Waals surface area contributed by atoms with Crippen molar-refractivity contribution in [2.75, 3.05) is 20.3 Å². The Hall–Kier alpha value is -3.87. The molecule has 2 N–H and O–H groups in total. The first-order valence-electron chi connectivity index (χ1n) is 10.0. The molecule has 3 aromatic carbocycles. The molecule has 0 aliphatic rings. The van der Waals surface area contributed by atoms with Gasteiger partial charge in [-0.05, 0) is 48.7 Å². The van der Waals surface area contributed by atoms with Gasteiger partial charge in [-0.1, -0.05) is 24.3 Å². The highest BCUT2D eigenvalue weighted by molar-refractivity contribution is 6.02. The number of fused-ring (bicyclic) bond motifs is 1. The number of benzene rings is 3. The second-order valence-electron chi connectivity index (χ2n) is 6.66. The molecule has 0 spiro atoms. The summed E-state index contributed by atoms with van der Waals surface area (Å²) < 4.78 is 10.7. The number of methoxy groups -OCH3 is 1. The van der Waals surface area contributed by atoms with E-state index in [0.717, 1.165) is 22.1 Å². The largest absolute Gasteiger partial charge is 0.497 e. The molecule has 7 heteroatoms. The zero-order valence-corrected chi connectivity index (χ0v) is 17.6. The van der Waals surface area contributed by atoms with E-state index in [1.807, 2.05) is 43.3 Å². The fourth-order valence-electron chi connectivity index (χ4n) is 3.05. The van der Waals surface area contributed by atoms with Crippen molar-refractivity contribution in [2.24, 2.45) is 5.10 Å². The molecule has 0 heterocycles. The van der Waals surface area contributed by atoms with E-state index in [2.05, 4.69) is 15.8 Å². The summed E-state index contributed by atoms with van der Waals surface area (Å²) in [6.07, 6.45) is 1.72. The minimum Gasteiger partial charge on any atom is -0.497 e. The molecule has 0 saturated heterocycles. The molecule has 160 valence electrons. The number of carbonyl (C=O) groups is 2. The second-order valence-corrected chi connectivity index (χ2v) is 6.66. The molecule has 7 nitrogen and oxygen atoms in total. The van der Waals surface area contributed by atoms with E-state index in [-0.39, 0.29) is 24.8 Å². The van der Waals surface area contributed by atoms with Gasteiger partial charge in [-0.25, -0.2) is 5.43 Å². The Bertz CT molecular complexity index is 1080. The summed E-state index contributed by atoms with van der Waals surface area (Å²) in [5.41, 5.74) is 3.86. The fraction of sp³-hybridized carbons (Fsp3) is 0.208. The van der Waals surface area contributed by atoms with Gasteiger partial charge in [0.05, 0.1) is 19.9 Å². The van der Waals surface area contributed by atoms with Crippen molar-refractivity contribution in [3.63, 3.8) is 0 Å². The number of amides is 2. The topological polar surface area (TPSA) is 89.0 Å². The van der Waals surface area contributed by atoms with Crippen molar-refractivity contribution in [2.45, 2.75) is 13.3 Å². The van der Waals surface area contributed by atoms with Crippen LogP contribution < -0.4 is 20.2 Å². The van der Waals surface area contributed by atoms with E-state index in [0.29, 0.717) is 17.9 Å². The summed E-state index contributed by atoms with van der Waals surface area (Å²) in [5, 5.41) is 8.73. The maximum absolute atomic E-state index is 12.1. The Morgan fingerprint density at radius 3 is 2.45 bits per heavy atom. The maximum atomic E-state index is 12.1. The lowest BCUT2D eigenvalue weighted by Crippen LogP contribution is -2.29. The lowest BCUT2D eigenvalue weighted by molar-refractivity contribution is -0.120. The maximum Gasteiger partial charge on any atom is 0.251 e. The summed E-state index contributed by atoms with van der Waals surface area (Å²) in [5.74, 6) is 0.947. The van der Waals surface area contributed by atoms with E-state index in [9.17, 15) is 9.59 Å². The zero-order chi connectivity index (χ0) is 22.1. The predicted octanol–water partition coefficient (Wildman–Crippen LogP) is 3.52. The number of rotatable bonds is 9.